The molecule has 2 aliphatic heterocycles. The van der Waals surface area contributed by atoms with Crippen LogP contribution in [0.5, 0.6) is 5.75 Å². The summed E-state index contributed by atoms with van der Waals surface area (Å²) >= 11 is 0. The molecule has 6 heteroatoms. The van der Waals surface area contributed by atoms with Crippen LogP contribution in [0.4, 0.5) is 0 Å². The maximum atomic E-state index is 6.00. The average Bonchev–Trinajstić information content (AvgIpc) is 3.07. The van der Waals surface area contributed by atoms with Gasteiger partial charge in [-0.1, -0.05) is 18.2 Å². The molecular weight excluding hydrogens is 328 g/mol. The minimum absolute atomic E-state index is 0.160. The fraction of sp³-hybridized carbons (Fsp3) is 0.650. The number of hydrogen-bond donors (Lipinski definition) is 2. The number of morpholine rings is 1. The van der Waals surface area contributed by atoms with Crippen molar-refractivity contribution in [1.82, 2.24) is 15.5 Å². The second kappa shape index (κ2) is 9.24. The number of nitrogens with one attached hydrogen (secondary N) is 2. The van der Waals surface area contributed by atoms with Crippen molar-refractivity contribution in [3.8, 4) is 5.75 Å². The van der Waals surface area contributed by atoms with E-state index in [-0.39, 0.29) is 6.10 Å². The summed E-state index contributed by atoms with van der Waals surface area (Å²) in [4.78, 5) is 7.27. The molecule has 3 atom stereocenters. The van der Waals surface area contributed by atoms with Gasteiger partial charge in [0.15, 0.2) is 5.96 Å². The Morgan fingerprint density at radius 1 is 1.35 bits per heavy atom. The van der Waals surface area contributed by atoms with Gasteiger partial charge < -0.3 is 20.1 Å². The predicted molar refractivity (Wildman–Crippen MR) is 105 cm³/mol. The Kier molecular flexibility index (Phi) is 6.74. The number of rotatable bonds is 6. The van der Waals surface area contributed by atoms with Crippen LogP contribution in [0.1, 0.15) is 26.3 Å². The molecule has 3 unspecified atom stereocenters. The van der Waals surface area contributed by atoms with E-state index in [1.54, 1.807) is 0 Å². The van der Waals surface area contributed by atoms with Crippen molar-refractivity contribution in [1.29, 1.82) is 0 Å². The van der Waals surface area contributed by atoms with E-state index in [0.29, 0.717) is 12.1 Å². The first-order valence-corrected chi connectivity index (χ1v) is 9.77. The number of guanidine groups is 1. The number of benzene rings is 1. The lowest BCUT2D eigenvalue weighted by Gasteiger charge is -2.37. The molecule has 0 amide bonds. The van der Waals surface area contributed by atoms with Gasteiger partial charge in [-0.15, -0.1) is 0 Å². The van der Waals surface area contributed by atoms with E-state index >= 15 is 0 Å². The van der Waals surface area contributed by atoms with Crippen LogP contribution in [0.2, 0.25) is 0 Å². The summed E-state index contributed by atoms with van der Waals surface area (Å²) in [6.45, 7) is 11.5. The van der Waals surface area contributed by atoms with Gasteiger partial charge >= 0.3 is 0 Å². The minimum Gasteiger partial charge on any atom is -0.488 e. The number of hydrogen-bond acceptors (Lipinski definition) is 4. The number of para-hydroxylation sites is 1. The fourth-order valence-electron chi connectivity index (χ4n) is 3.64. The zero-order valence-corrected chi connectivity index (χ0v) is 16.2. The fourth-order valence-corrected chi connectivity index (χ4v) is 3.64. The van der Waals surface area contributed by atoms with Crippen molar-refractivity contribution < 1.29 is 9.47 Å². The standard InChI is InChI=1S/C20H32N4O2/c1-4-21-20(22-12-15(2)24-9-10-25-14-16(24)3)23-13-18-11-17-7-5-6-8-19(17)26-18/h5-8,15-16,18H,4,9-14H2,1-3H3,(H2,21,22,23). The summed E-state index contributed by atoms with van der Waals surface area (Å²) in [6, 6.07) is 9.12. The summed E-state index contributed by atoms with van der Waals surface area (Å²) in [7, 11) is 0. The molecule has 2 heterocycles. The van der Waals surface area contributed by atoms with Crippen molar-refractivity contribution in [3.63, 3.8) is 0 Å². The molecule has 1 aromatic carbocycles. The van der Waals surface area contributed by atoms with E-state index in [4.69, 9.17) is 14.5 Å². The van der Waals surface area contributed by atoms with Gasteiger partial charge in [-0.25, -0.2) is 0 Å². The second-order valence-electron chi connectivity index (χ2n) is 7.16. The van der Waals surface area contributed by atoms with Gasteiger partial charge in [0.2, 0.25) is 0 Å². The lowest BCUT2D eigenvalue weighted by Crippen LogP contribution is -2.50. The summed E-state index contributed by atoms with van der Waals surface area (Å²) in [5.41, 5.74) is 1.29. The van der Waals surface area contributed by atoms with Crippen LogP contribution in [0.3, 0.4) is 0 Å². The Morgan fingerprint density at radius 2 is 2.19 bits per heavy atom. The van der Waals surface area contributed by atoms with Gasteiger partial charge in [-0.2, -0.15) is 0 Å². The maximum absolute atomic E-state index is 6.00. The summed E-state index contributed by atoms with van der Waals surface area (Å²) < 4.78 is 11.5. The van der Waals surface area contributed by atoms with E-state index in [9.17, 15) is 0 Å². The second-order valence-corrected chi connectivity index (χ2v) is 7.16. The van der Waals surface area contributed by atoms with Crippen LogP contribution >= 0.6 is 0 Å². The zero-order valence-electron chi connectivity index (χ0n) is 16.2. The highest BCUT2D eigenvalue weighted by Gasteiger charge is 2.24. The van der Waals surface area contributed by atoms with Crippen molar-refractivity contribution in [2.75, 3.05) is 39.4 Å². The molecule has 144 valence electrons. The Balaban J connectivity index is 1.49. The van der Waals surface area contributed by atoms with Crippen LogP contribution in [-0.4, -0.2) is 68.4 Å². The van der Waals surface area contributed by atoms with Crippen LogP contribution in [0, 0.1) is 0 Å². The third-order valence-electron chi connectivity index (χ3n) is 5.05. The molecular formula is C20H32N4O2. The predicted octanol–water partition coefficient (Wildman–Crippen LogP) is 1.65. The minimum atomic E-state index is 0.160. The summed E-state index contributed by atoms with van der Waals surface area (Å²) in [5, 5.41) is 6.78. The molecule has 2 N–H and O–H groups in total. The lowest BCUT2D eigenvalue weighted by atomic mass is 10.1. The third kappa shape index (κ3) is 4.89. The molecule has 0 saturated carbocycles. The highest BCUT2D eigenvalue weighted by atomic mass is 16.5. The number of nitrogens with zero attached hydrogens (tertiary/aromatic N) is 2. The molecule has 1 fully saturated rings. The quantitative estimate of drug-likeness (QED) is 0.597. The highest BCUT2D eigenvalue weighted by molar-refractivity contribution is 5.79. The normalized spacial score (nSPS) is 24.7. The number of fused-ring (bicyclic) bond motifs is 1. The van der Waals surface area contributed by atoms with Gasteiger partial charge in [-0.3, -0.25) is 9.89 Å². The molecule has 0 aliphatic carbocycles. The molecule has 0 bridgehead atoms. The summed E-state index contributed by atoms with van der Waals surface area (Å²) in [5.74, 6) is 1.87. The molecule has 26 heavy (non-hydrogen) atoms. The first-order chi connectivity index (χ1) is 12.7. The average molecular weight is 361 g/mol. The van der Waals surface area contributed by atoms with Gasteiger partial charge in [0.1, 0.15) is 11.9 Å². The van der Waals surface area contributed by atoms with Gasteiger partial charge in [0.05, 0.1) is 26.3 Å². The Hall–Kier alpha value is -1.79. The Morgan fingerprint density at radius 3 is 2.96 bits per heavy atom. The third-order valence-corrected chi connectivity index (χ3v) is 5.05. The van der Waals surface area contributed by atoms with E-state index in [1.165, 1.54) is 5.56 Å². The molecule has 3 rings (SSSR count). The number of aliphatic imine (C=N–C) groups is 1. The van der Waals surface area contributed by atoms with Gasteiger partial charge in [0, 0.05) is 31.6 Å². The van der Waals surface area contributed by atoms with Gasteiger partial charge in [0.25, 0.3) is 0 Å². The van der Waals surface area contributed by atoms with Crippen LogP contribution < -0.4 is 15.4 Å². The molecule has 6 nitrogen and oxygen atoms in total. The van der Waals surface area contributed by atoms with Crippen molar-refractivity contribution >= 4 is 5.96 Å². The van der Waals surface area contributed by atoms with E-state index in [2.05, 4.69) is 48.4 Å². The Bertz CT molecular complexity index is 582. The Labute approximate surface area is 157 Å². The highest BCUT2D eigenvalue weighted by Crippen LogP contribution is 2.27. The molecule has 0 spiro atoms. The first-order valence-electron chi connectivity index (χ1n) is 9.77. The van der Waals surface area contributed by atoms with Crippen molar-refractivity contribution in [2.24, 2.45) is 4.99 Å². The molecule has 0 aromatic heterocycles. The summed E-state index contributed by atoms with van der Waals surface area (Å²) in [6.07, 6.45) is 1.11. The van der Waals surface area contributed by atoms with E-state index in [0.717, 1.165) is 57.5 Å². The molecule has 1 saturated heterocycles. The largest absolute Gasteiger partial charge is 0.488 e. The van der Waals surface area contributed by atoms with Crippen LogP contribution in [0.15, 0.2) is 29.3 Å². The SMILES string of the molecule is CCNC(=NCC(C)N1CCOCC1C)NCC1Cc2ccccc2O1. The molecule has 2 aliphatic rings. The van der Waals surface area contributed by atoms with Crippen molar-refractivity contribution in [3.05, 3.63) is 29.8 Å². The maximum Gasteiger partial charge on any atom is 0.191 e. The topological polar surface area (TPSA) is 58.1 Å². The molecule has 0 radical (unpaired) electrons. The molecule has 1 aromatic rings. The smallest absolute Gasteiger partial charge is 0.191 e. The monoisotopic (exact) mass is 360 g/mol. The van der Waals surface area contributed by atoms with Crippen LogP contribution in [-0.2, 0) is 11.2 Å². The number of ether oxygens (including phenoxy) is 2. The zero-order chi connectivity index (χ0) is 18.4. The van der Waals surface area contributed by atoms with Crippen LogP contribution in [0.25, 0.3) is 0 Å². The van der Waals surface area contributed by atoms with Crippen molar-refractivity contribution in [2.45, 2.75) is 45.4 Å². The van der Waals surface area contributed by atoms with E-state index < -0.39 is 0 Å². The first kappa shape index (κ1) is 19.0. The van der Waals surface area contributed by atoms with E-state index in [1.807, 2.05) is 12.1 Å². The van der Waals surface area contributed by atoms with Gasteiger partial charge in [-0.05, 0) is 32.4 Å². The lowest BCUT2D eigenvalue weighted by molar-refractivity contribution is -0.0165.